The number of carbonyl (C=O) groups excluding carboxylic acids is 3. The Hall–Kier alpha value is -2.96. The summed E-state index contributed by atoms with van der Waals surface area (Å²) in [6, 6.07) is 4.05. The highest BCUT2D eigenvalue weighted by Gasteiger charge is 2.44. The average molecular weight is 428 g/mol. The minimum atomic E-state index is -0.937. The number of hydrogen-bond donors (Lipinski definition) is 1. The van der Waals surface area contributed by atoms with Crippen LogP contribution in [0.1, 0.15) is 56.2 Å². The molecule has 1 amide bonds. The number of benzene rings is 1. The van der Waals surface area contributed by atoms with E-state index in [4.69, 9.17) is 0 Å². The lowest BCUT2D eigenvalue weighted by atomic mass is 9.85. The molecule has 1 fully saturated rings. The van der Waals surface area contributed by atoms with Crippen molar-refractivity contribution in [3.05, 3.63) is 52.7 Å². The molecule has 1 aliphatic carbocycles. The maximum atomic E-state index is 14.2. The zero-order chi connectivity index (χ0) is 23.1. The standard InChI is InChI=1S/C24H26F2N2O3/c1-12-6-14(22-17(26)10-16(25)11-27-22)7-13(2)20(12)21-18(29)8-15(23(21)31)9-19(30)28-24(3,4)5/h6-7,10-11,15,21H,8-9H2,1-5H3,(H,28,30)/t15-,21?/m1/s1. The number of carbonyl (C=O) groups is 3. The first kappa shape index (κ1) is 22.7. The van der Waals surface area contributed by atoms with Crippen LogP contribution in [0, 0.1) is 31.4 Å². The van der Waals surface area contributed by atoms with E-state index in [0.717, 1.165) is 12.3 Å². The first-order valence-electron chi connectivity index (χ1n) is 10.2. The molecule has 1 aliphatic rings. The lowest BCUT2D eigenvalue weighted by molar-refractivity contribution is -0.129. The third-order valence-corrected chi connectivity index (χ3v) is 5.37. The minimum Gasteiger partial charge on any atom is -0.351 e. The minimum absolute atomic E-state index is 0.0000436. The number of Topliss-reactive ketones (excluding diaryl/α,β-unsaturated/α-hetero) is 2. The van der Waals surface area contributed by atoms with Crippen LogP contribution in [0.2, 0.25) is 0 Å². The molecule has 3 rings (SSSR count). The summed E-state index contributed by atoms with van der Waals surface area (Å²) in [6.07, 6.45) is 0.934. The van der Waals surface area contributed by atoms with Crippen LogP contribution in [0.5, 0.6) is 0 Å². The third-order valence-electron chi connectivity index (χ3n) is 5.37. The van der Waals surface area contributed by atoms with Crippen molar-refractivity contribution in [2.75, 3.05) is 0 Å². The number of nitrogens with one attached hydrogen (secondary N) is 1. The second-order valence-corrected chi connectivity index (χ2v) is 9.21. The Balaban J connectivity index is 1.89. The van der Waals surface area contributed by atoms with Gasteiger partial charge in [-0.3, -0.25) is 19.4 Å². The van der Waals surface area contributed by atoms with Crippen LogP contribution in [0.4, 0.5) is 8.78 Å². The van der Waals surface area contributed by atoms with E-state index in [0.29, 0.717) is 22.3 Å². The van der Waals surface area contributed by atoms with Gasteiger partial charge in [0.05, 0.1) is 6.20 Å². The summed E-state index contributed by atoms with van der Waals surface area (Å²) in [5, 5.41) is 2.82. The number of aryl methyl sites for hydroxylation is 2. The first-order chi connectivity index (χ1) is 14.4. The Kier molecular flexibility index (Phi) is 6.07. The Morgan fingerprint density at radius 1 is 1.13 bits per heavy atom. The van der Waals surface area contributed by atoms with Gasteiger partial charge in [-0.2, -0.15) is 0 Å². The highest BCUT2D eigenvalue weighted by molar-refractivity contribution is 6.15. The van der Waals surface area contributed by atoms with Crippen molar-refractivity contribution < 1.29 is 23.2 Å². The van der Waals surface area contributed by atoms with E-state index in [-0.39, 0.29) is 36.0 Å². The molecule has 1 heterocycles. The molecular formula is C24H26F2N2O3. The van der Waals surface area contributed by atoms with E-state index in [1.165, 1.54) is 0 Å². The van der Waals surface area contributed by atoms with Crippen LogP contribution in [0.25, 0.3) is 11.3 Å². The van der Waals surface area contributed by atoms with Gasteiger partial charge in [-0.1, -0.05) is 0 Å². The summed E-state index contributed by atoms with van der Waals surface area (Å²) in [4.78, 5) is 41.9. The molecule has 31 heavy (non-hydrogen) atoms. The second-order valence-electron chi connectivity index (χ2n) is 9.21. The van der Waals surface area contributed by atoms with Crippen molar-refractivity contribution in [2.24, 2.45) is 5.92 Å². The number of pyridine rings is 1. The summed E-state index contributed by atoms with van der Waals surface area (Å²) in [5.41, 5.74) is 1.89. The molecule has 1 aromatic carbocycles. The summed E-state index contributed by atoms with van der Waals surface area (Å²) in [5.74, 6) is -3.90. The Bertz CT molecular complexity index is 1050. The van der Waals surface area contributed by atoms with Gasteiger partial charge in [-0.05, 0) is 63.4 Å². The van der Waals surface area contributed by atoms with E-state index in [2.05, 4.69) is 10.3 Å². The molecule has 7 heteroatoms. The van der Waals surface area contributed by atoms with Gasteiger partial charge >= 0.3 is 0 Å². The van der Waals surface area contributed by atoms with Crippen LogP contribution in [0.3, 0.4) is 0 Å². The predicted octanol–water partition coefficient (Wildman–Crippen LogP) is 4.19. The third kappa shape index (κ3) is 4.86. The fourth-order valence-corrected chi connectivity index (χ4v) is 4.22. The van der Waals surface area contributed by atoms with E-state index < -0.39 is 29.0 Å². The molecule has 0 spiro atoms. The van der Waals surface area contributed by atoms with Crippen LogP contribution in [0.15, 0.2) is 24.4 Å². The van der Waals surface area contributed by atoms with E-state index in [1.54, 1.807) is 26.0 Å². The first-order valence-corrected chi connectivity index (χ1v) is 10.2. The van der Waals surface area contributed by atoms with Crippen molar-refractivity contribution >= 4 is 17.5 Å². The largest absolute Gasteiger partial charge is 0.351 e. The Morgan fingerprint density at radius 3 is 2.29 bits per heavy atom. The molecule has 2 aromatic rings. The van der Waals surface area contributed by atoms with Gasteiger partial charge in [0.1, 0.15) is 23.2 Å². The molecule has 1 saturated carbocycles. The van der Waals surface area contributed by atoms with Gasteiger partial charge in [0.15, 0.2) is 11.6 Å². The second kappa shape index (κ2) is 8.29. The summed E-state index contributed by atoms with van der Waals surface area (Å²) >= 11 is 0. The molecule has 2 atom stereocenters. The van der Waals surface area contributed by atoms with Gasteiger partial charge in [0.2, 0.25) is 5.91 Å². The molecule has 0 radical (unpaired) electrons. The Morgan fingerprint density at radius 2 is 1.74 bits per heavy atom. The highest BCUT2D eigenvalue weighted by atomic mass is 19.1. The SMILES string of the molecule is Cc1cc(-c2ncc(F)cc2F)cc(C)c1C1C(=O)C[C@H](CC(=O)NC(C)(C)C)C1=O. The molecule has 5 nitrogen and oxygen atoms in total. The van der Waals surface area contributed by atoms with Gasteiger partial charge in [-0.15, -0.1) is 0 Å². The lowest BCUT2D eigenvalue weighted by Crippen LogP contribution is -2.41. The molecular weight excluding hydrogens is 402 g/mol. The van der Waals surface area contributed by atoms with Crippen molar-refractivity contribution in [1.82, 2.24) is 10.3 Å². The predicted molar refractivity (Wildman–Crippen MR) is 112 cm³/mol. The van der Waals surface area contributed by atoms with Crippen molar-refractivity contribution in [3.63, 3.8) is 0 Å². The summed E-state index contributed by atoms with van der Waals surface area (Å²) in [6.45, 7) is 9.04. The van der Waals surface area contributed by atoms with Gasteiger partial charge < -0.3 is 5.32 Å². The van der Waals surface area contributed by atoms with Crippen LogP contribution in [-0.2, 0) is 14.4 Å². The van der Waals surface area contributed by atoms with Crippen molar-refractivity contribution in [1.29, 1.82) is 0 Å². The number of ketones is 2. The highest BCUT2D eigenvalue weighted by Crippen LogP contribution is 2.38. The van der Waals surface area contributed by atoms with Crippen molar-refractivity contribution in [3.8, 4) is 11.3 Å². The zero-order valence-corrected chi connectivity index (χ0v) is 18.3. The van der Waals surface area contributed by atoms with Gasteiger partial charge in [0, 0.05) is 35.9 Å². The summed E-state index contributed by atoms with van der Waals surface area (Å²) < 4.78 is 27.4. The quantitative estimate of drug-likeness (QED) is 0.741. The number of rotatable bonds is 4. The topological polar surface area (TPSA) is 76.1 Å². The lowest BCUT2D eigenvalue weighted by Gasteiger charge is -2.21. The molecule has 1 unspecified atom stereocenters. The smallest absolute Gasteiger partial charge is 0.221 e. The number of amides is 1. The molecule has 0 aliphatic heterocycles. The van der Waals surface area contributed by atoms with E-state index in [1.807, 2.05) is 20.8 Å². The normalized spacial score (nSPS) is 19.1. The average Bonchev–Trinajstić information content (AvgIpc) is 2.87. The molecule has 0 saturated heterocycles. The van der Waals surface area contributed by atoms with Gasteiger partial charge in [0.25, 0.3) is 0 Å². The molecule has 164 valence electrons. The van der Waals surface area contributed by atoms with E-state index in [9.17, 15) is 23.2 Å². The molecule has 0 bridgehead atoms. The maximum absolute atomic E-state index is 14.2. The van der Waals surface area contributed by atoms with Gasteiger partial charge in [-0.25, -0.2) is 8.78 Å². The monoisotopic (exact) mass is 428 g/mol. The molecule has 1 aromatic heterocycles. The fourth-order valence-electron chi connectivity index (χ4n) is 4.22. The Labute approximate surface area is 180 Å². The van der Waals surface area contributed by atoms with Crippen LogP contribution >= 0.6 is 0 Å². The number of hydrogen-bond acceptors (Lipinski definition) is 4. The zero-order valence-electron chi connectivity index (χ0n) is 18.3. The number of halogens is 2. The fraction of sp³-hybridized carbons (Fsp3) is 0.417. The number of nitrogens with zero attached hydrogens (tertiary/aromatic N) is 1. The van der Waals surface area contributed by atoms with Crippen LogP contribution < -0.4 is 5.32 Å². The summed E-state index contributed by atoms with van der Waals surface area (Å²) in [7, 11) is 0. The van der Waals surface area contributed by atoms with Crippen molar-refractivity contribution in [2.45, 2.75) is 58.9 Å². The number of aromatic nitrogens is 1. The molecule has 1 N–H and O–H groups in total. The van der Waals surface area contributed by atoms with E-state index >= 15 is 0 Å². The van der Waals surface area contributed by atoms with Crippen LogP contribution in [-0.4, -0.2) is 28.0 Å². The maximum Gasteiger partial charge on any atom is 0.221 e.